The average Bonchev–Trinajstić information content (AvgIpc) is 3.21. The number of carbonyl (C=O) groups is 2. The monoisotopic (exact) mass is 838 g/mol. The Labute approximate surface area is 370 Å². The SMILES string of the molecule is CCCCCC(CC)CCCCC.CCCCCC(CCCCC)CCOC(=O)CCCCCCCCCC(CCCCCCCCCC(=O)O)OCCCCN(C)C. The fraction of sp³-hybridized carbons (Fsp3) is 0.962. The maximum absolute atomic E-state index is 12.3. The predicted molar refractivity (Wildman–Crippen MR) is 258 cm³/mol. The number of aliphatic carboxylic acids is 1. The van der Waals surface area contributed by atoms with Crippen LogP contribution in [0.25, 0.3) is 0 Å². The molecule has 0 fully saturated rings. The molecule has 59 heavy (non-hydrogen) atoms. The van der Waals surface area contributed by atoms with Crippen LogP contribution in [0.4, 0.5) is 0 Å². The number of esters is 1. The molecule has 1 unspecified atom stereocenters. The molecule has 0 bridgehead atoms. The Bertz CT molecular complexity index is 815. The van der Waals surface area contributed by atoms with Crippen LogP contribution >= 0.6 is 0 Å². The molecule has 0 spiro atoms. The first-order chi connectivity index (χ1) is 28.7. The van der Waals surface area contributed by atoms with Crippen LogP contribution in [-0.4, -0.2) is 61.9 Å². The summed E-state index contributed by atoms with van der Waals surface area (Å²) in [7, 11) is 4.26. The van der Waals surface area contributed by atoms with Gasteiger partial charge >= 0.3 is 11.9 Å². The number of nitrogens with zero attached hydrogens (tertiary/aromatic N) is 1. The van der Waals surface area contributed by atoms with Crippen LogP contribution in [0.1, 0.15) is 279 Å². The first kappa shape index (κ1) is 60.0. The third-order valence-electron chi connectivity index (χ3n) is 12.4. The van der Waals surface area contributed by atoms with E-state index in [1.807, 2.05) is 0 Å². The van der Waals surface area contributed by atoms with Gasteiger partial charge in [0.05, 0.1) is 12.7 Å². The van der Waals surface area contributed by atoms with Crippen molar-refractivity contribution in [1.82, 2.24) is 4.90 Å². The van der Waals surface area contributed by atoms with Crippen LogP contribution in [0.15, 0.2) is 0 Å². The lowest BCUT2D eigenvalue weighted by atomic mass is 9.92. The molecule has 6 heteroatoms. The van der Waals surface area contributed by atoms with Crippen molar-refractivity contribution in [3.05, 3.63) is 0 Å². The molecule has 0 aliphatic rings. The first-order valence-electron chi connectivity index (χ1n) is 26.4. The van der Waals surface area contributed by atoms with Gasteiger partial charge in [0.15, 0.2) is 0 Å². The summed E-state index contributed by atoms with van der Waals surface area (Å²) in [6.45, 7) is 14.1. The van der Waals surface area contributed by atoms with Gasteiger partial charge in [-0.25, -0.2) is 0 Å². The molecule has 6 nitrogen and oxygen atoms in total. The zero-order chi connectivity index (χ0) is 43.9. The van der Waals surface area contributed by atoms with Crippen LogP contribution in [0.3, 0.4) is 0 Å². The Kier molecular flexibility index (Phi) is 50.3. The van der Waals surface area contributed by atoms with Crippen molar-refractivity contribution in [3.63, 3.8) is 0 Å². The van der Waals surface area contributed by atoms with Crippen molar-refractivity contribution in [1.29, 1.82) is 0 Å². The molecular formula is C53H107NO5. The van der Waals surface area contributed by atoms with E-state index in [1.165, 1.54) is 186 Å². The standard InChI is InChI=1S/C40H79NO5.C13H28/c1-5-7-19-27-37(28-20-8-6-2)33-36-46-40(44)32-24-18-14-10-12-16-22-30-38(45-35-26-25-34-41(3)4)29-21-15-11-9-13-17-23-31-39(42)43;1-4-7-9-11-13(6-3)12-10-8-5-2/h37-38H,5-36H2,1-4H3,(H,42,43);13H,4-12H2,1-3H3. The lowest BCUT2D eigenvalue weighted by molar-refractivity contribution is -0.144. The Morgan fingerprint density at radius 2 is 0.847 bits per heavy atom. The van der Waals surface area contributed by atoms with Gasteiger partial charge in [-0.2, -0.15) is 0 Å². The molecule has 1 atom stereocenters. The normalized spacial score (nSPS) is 12.0. The van der Waals surface area contributed by atoms with E-state index in [0.717, 1.165) is 69.9 Å². The third-order valence-corrected chi connectivity index (χ3v) is 12.4. The lowest BCUT2D eigenvalue weighted by Crippen LogP contribution is -2.16. The Morgan fingerprint density at radius 3 is 1.27 bits per heavy atom. The van der Waals surface area contributed by atoms with Gasteiger partial charge in [0.1, 0.15) is 0 Å². The topological polar surface area (TPSA) is 76.1 Å². The van der Waals surface area contributed by atoms with Gasteiger partial charge in [-0.1, -0.05) is 221 Å². The number of carboxylic acid groups (broad SMARTS) is 1. The summed E-state index contributed by atoms with van der Waals surface area (Å²) in [5.41, 5.74) is 0. The van der Waals surface area contributed by atoms with Gasteiger partial charge in [0.25, 0.3) is 0 Å². The number of unbranched alkanes of at least 4 members (excludes halogenated alkanes) is 21. The van der Waals surface area contributed by atoms with E-state index in [4.69, 9.17) is 14.6 Å². The van der Waals surface area contributed by atoms with Crippen LogP contribution in [-0.2, 0) is 19.1 Å². The average molecular weight is 838 g/mol. The minimum absolute atomic E-state index is 0.00404. The van der Waals surface area contributed by atoms with E-state index in [1.54, 1.807) is 0 Å². The summed E-state index contributed by atoms with van der Waals surface area (Å²) < 4.78 is 12.0. The van der Waals surface area contributed by atoms with Crippen molar-refractivity contribution < 1.29 is 24.2 Å². The molecular weight excluding hydrogens is 731 g/mol. The number of ether oxygens (including phenoxy) is 2. The van der Waals surface area contributed by atoms with E-state index >= 15 is 0 Å². The summed E-state index contributed by atoms with van der Waals surface area (Å²) in [6.07, 6.45) is 46.6. The van der Waals surface area contributed by atoms with Crippen molar-refractivity contribution in [2.75, 3.05) is 33.9 Å². The minimum atomic E-state index is -0.675. The molecule has 0 saturated heterocycles. The number of carboxylic acids is 1. The number of hydrogen-bond donors (Lipinski definition) is 1. The highest BCUT2D eigenvalue weighted by atomic mass is 16.5. The lowest BCUT2D eigenvalue weighted by Gasteiger charge is -2.18. The third kappa shape index (κ3) is 49.4. The van der Waals surface area contributed by atoms with Crippen LogP contribution < -0.4 is 0 Å². The maximum Gasteiger partial charge on any atom is 0.305 e. The summed E-state index contributed by atoms with van der Waals surface area (Å²) >= 11 is 0. The molecule has 0 aromatic carbocycles. The number of carbonyl (C=O) groups excluding carboxylic acids is 1. The largest absolute Gasteiger partial charge is 0.481 e. The molecule has 0 saturated carbocycles. The van der Waals surface area contributed by atoms with E-state index in [9.17, 15) is 9.59 Å². The maximum atomic E-state index is 12.3. The fourth-order valence-corrected chi connectivity index (χ4v) is 8.28. The molecule has 0 aliphatic heterocycles. The zero-order valence-electron chi connectivity index (χ0n) is 41.3. The smallest absolute Gasteiger partial charge is 0.305 e. The van der Waals surface area contributed by atoms with Gasteiger partial charge < -0.3 is 19.5 Å². The highest BCUT2D eigenvalue weighted by molar-refractivity contribution is 5.69. The van der Waals surface area contributed by atoms with Gasteiger partial charge in [-0.3, -0.25) is 9.59 Å². The van der Waals surface area contributed by atoms with Crippen molar-refractivity contribution in [2.24, 2.45) is 11.8 Å². The van der Waals surface area contributed by atoms with Gasteiger partial charge in [0.2, 0.25) is 0 Å². The zero-order valence-corrected chi connectivity index (χ0v) is 41.3. The van der Waals surface area contributed by atoms with E-state index in [2.05, 4.69) is 53.6 Å². The van der Waals surface area contributed by atoms with Crippen molar-refractivity contribution in [2.45, 2.75) is 285 Å². The fourth-order valence-electron chi connectivity index (χ4n) is 8.28. The molecule has 0 heterocycles. The van der Waals surface area contributed by atoms with Crippen LogP contribution in [0.2, 0.25) is 0 Å². The van der Waals surface area contributed by atoms with Gasteiger partial charge in [-0.15, -0.1) is 0 Å². The molecule has 0 aliphatic carbocycles. The number of hydrogen-bond acceptors (Lipinski definition) is 5. The summed E-state index contributed by atoms with van der Waals surface area (Å²) in [4.78, 5) is 25.1. The summed E-state index contributed by atoms with van der Waals surface area (Å²) in [6, 6.07) is 0. The van der Waals surface area contributed by atoms with Gasteiger partial charge in [-0.05, 0) is 77.4 Å². The molecule has 0 amide bonds. The van der Waals surface area contributed by atoms with Crippen molar-refractivity contribution >= 4 is 11.9 Å². The molecule has 0 aromatic heterocycles. The minimum Gasteiger partial charge on any atom is -0.481 e. The number of rotatable bonds is 46. The summed E-state index contributed by atoms with van der Waals surface area (Å²) in [5.74, 6) is 1.08. The molecule has 354 valence electrons. The highest BCUT2D eigenvalue weighted by Crippen LogP contribution is 2.23. The molecule has 0 radical (unpaired) electrons. The van der Waals surface area contributed by atoms with Crippen LogP contribution in [0, 0.1) is 11.8 Å². The second-order valence-electron chi connectivity index (χ2n) is 18.6. The Morgan fingerprint density at radius 1 is 0.441 bits per heavy atom. The van der Waals surface area contributed by atoms with Gasteiger partial charge in [0, 0.05) is 19.4 Å². The summed E-state index contributed by atoms with van der Waals surface area (Å²) in [5, 5.41) is 8.75. The highest BCUT2D eigenvalue weighted by Gasteiger charge is 2.12. The van der Waals surface area contributed by atoms with Crippen molar-refractivity contribution in [3.8, 4) is 0 Å². The van der Waals surface area contributed by atoms with E-state index < -0.39 is 5.97 Å². The quantitative estimate of drug-likeness (QED) is 0.0486. The molecule has 0 aromatic rings. The van der Waals surface area contributed by atoms with E-state index in [-0.39, 0.29) is 5.97 Å². The molecule has 1 N–H and O–H groups in total. The Balaban J connectivity index is 0. The second-order valence-corrected chi connectivity index (χ2v) is 18.6. The Hall–Kier alpha value is -1.14. The molecule has 0 rings (SSSR count). The van der Waals surface area contributed by atoms with Crippen LogP contribution in [0.5, 0.6) is 0 Å². The first-order valence-corrected chi connectivity index (χ1v) is 26.4. The van der Waals surface area contributed by atoms with E-state index in [0.29, 0.717) is 25.6 Å². The second kappa shape index (κ2) is 49.5. The predicted octanol–water partition coefficient (Wildman–Crippen LogP) is 16.7.